The van der Waals surface area contributed by atoms with Gasteiger partial charge in [0.15, 0.2) is 0 Å². The Hall–Kier alpha value is -1.32. The zero-order valence-corrected chi connectivity index (χ0v) is 7.47. The molecule has 1 N–H and O–H groups in total. The lowest BCUT2D eigenvalue weighted by Gasteiger charge is -2.15. The molecule has 0 spiro atoms. The summed E-state index contributed by atoms with van der Waals surface area (Å²) in [6.07, 6.45) is 0. The van der Waals surface area contributed by atoms with Crippen LogP contribution in [-0.4, -0.2) is 25.5 Å². The number of nitrogens with zero attached hydrogens (tertiary/aromatic N) is 1. The van der Waals surface area contributed by atoms with E-state index in [-0.39, 0.29) is 5.97 Å². The molecule has 1 heterocycles. The SMILES string of the molecule is COC(=O)C1=C(C)NCN=C1C. The van der Waals surface area contributed by atoms with Gasteiger partial charge in [0, 0.05) is 5.70 Å². The Kier molecular flexibility index (Phi) is 2.47. The molecule has 4 heteroatoms. The van der Waals surface area contributed by atoms with Crippen LogP contribution in [0.25, 0.3) is 0 Å². The van der Waals surface area contributed by atoms with Gasteiger partial charge in [-0.3, -0.25) is 4.99 Å². The van der Waals surface area contributed by atoms with Gasteiger partial charge >= 0.3 is 5.97 Å². The normalized spacial score (nSPS) is 16.8. The molecule has 0 aliphatic carbocycles. The van der Waals surface area contributed by atoms with Gasteiger partial charge in [-0.2, -0.15) is 0 Å². The van der Waals surface area contributed by atoms with Crippen molar-refractivity contribution >= 4 is 11.7 Å². The van der Waals surface area contributed by atoms with Crippen molar-refractivity contribution in [2.75, 3.05) is 13.8 Å². The van der Waals surface area contributed by atoms with E-state index in [0.717, 1.165) is 11.4 Å². The predicted molar refractivity (Wildman–Crippen MR) is 45.8 cm³/mol. The average molecular weight is 168 g/mol. The van der Waals surface area contributed by atoms with Crippen molar-refractivity contribution in [1.29, 1.82) is 0 Å². The van der Waals surface area contributed by atoms with Crippen LogP contribution in [0.4, 0.5) is 0 Å². The Labute approximate surface area is 71.3 Å². The van der Waals surface area contributed by atoms with Crippen molar-refractivity contribution in [2.24, 2.45) is 4.99 Å². The van der Waals surface area contributed by atoms with Gasteiger partial charge in [0.1, 0.15) is 6.67 Å². The van der Waals surface area contributed by atoms with Crippen LogP contribution >= 0.6 is 0 Å². The van der Waals surface area contributed by atoms with Crippen LogP contribution in [0, 0.1) is 0 Å². The lowest BCUT2D eigenvalue weighted by atomic mass is 10.1. The molecule has 0 saturated carbocycles. The van der Waals surface area contributed by atoms with Crippen molar-refractivity contribution in [3.8, 4) is 0 Å². The monoisotopic (exact) mass is 168 g/mol. The summed E-state index contributed by atoms with van der Waals surface area (Å²) in [7, 11) is 1.37. The molecular weight excluding hydrogens is 156 g/mol. The molecule has 0 unspecified atom stereocenters. The van der Waals surface area contributed by atoms with Gasteiger partial charge in [-0.25, -0.2) is 4.79 Å². The van der Waals surface area contributed by atoms with Crippen LogP contribution in [0.5, 0.6) is 0 Å². The molecule has 66 valence electrons. The van der Waals surface area contributed by atoms with E-state index in [1.807, 2.05) is 6.92 Å². The molecule has 0 bridgehead atoms. The first-order chi connectivity index (χ1) is 5.66. The van der Waals surface area contributed by atoms with E-state index in [0.29, 0.717) is 12.2 Å². The molecule has 0 amide bonds. The van der Waals surface area contributed by atoms with E-state index in [1.54, 1.807) is 6.92 Å². The van der Waals surface area contributed by atoms with Crippen LogP contribution < -0.4 is 5.32 Å². The summed E-state index contributed by atoms with van der Waals surface area (Å²) in [6.45, 7) is 4.18. The van der Waals surface area contributed by atoms with Gasteiger partial charge < -0.3 is 10.1 Å². The van der Waals surface area contributed by atoms with E-state index in [2.05, 4.69) is 15.0 Å². The molecule has 0 aromatic heterocycles. The maximum absolute atomic E-state index is 11.2. The van der Waals surface area contributed by atoms with Crippen LogP contribution in [0.15, 0.2) is 16.3 Å². The van der Waals surface area contributed by atoms with Crippen LogP contribution in [0.1, 0.15) is 13.8 Å². The first kappa shape index (κ1) is 8.77. The number of methoxy groups -OCH3 is 1. The second-order valence-corrected chi connectivity index (χ2v) is 2.57. The number of esters is 1. The Balaban J connectivity index is 2.98. The van der Waals surface area contributed by atoms with Gasteiger partial charge in [0.05, 0.1) is 18.4 Å². The van der Waals surface area contributed by atoms with Gasteiger partial charge in [-0.1, -0.05) is 0 Å². The molecule has 0 radical (unpaired) electrons. The minimum Gasteiger partial charge on any atom is -0.465 e. The molecule has 4 nitrogen and oxygen atoms in total. The molecule has 0 aromatic rings. The van der Waals surface area contributed by atoms with Crippen LogP contribution in [-0.2, 0) is 9.53 Å². The molecule has 1 rings (SSSR count). The summed E-state index contributed by atoms with van der Waals surface area (Å²) in [5.41, 5.74) is 2.11. The Morgan fingerprint density at radius 2 is 2.25 bits per heavy atom. The Morgan fingerprint density at radius 1 is 1.58 bits per heavy atom. The van der Waals surface area contributed by atoms with Gasteiger partial charge in [0.25, 0.3) is 0 Å². The molecule has 0 saturated heterocycles. The number of ether oxygens (including phenoxy) is 1. The molecule has 12 heavy (non-hydrogen) atoms. The summed E-state index contributed by atoms with van der Waals surface area (Å²) in [5.74, 6) is -0.332. The lowest BCUT2D eigenvalue weighted by Crippen LogP contribution is -2.26. The third-order valence-corrected chi connectivity index (χ3v) is 1.79. The third-order valence-electron chi connectivity index (χ3n) is 1.79. The standard InChI is InChI=1S/C8H12N2O2/c1-5-7(8(11)12-3)6(2)10-4-9-5/h9H,4H2,1-3H3. The number of hydrogen-bond acceptors (Lipinski definition) is 4. The molecule has 1 aliphatic heterocycles. The lowest BCUT2D eigenvalue weighted by molar-refractivity contribution is -0.135. The van der Waals surface area contributed by atoms with E-state index < -0.39 is 0 Å². The molecule has 0 fully saturated rings. The molecule has 0 aromatic carbocycles. The van der Waals surface area contributed by atoms with Gasteiger partial charge in [-0.05, 0) is 13.8 Å². The fourth-order valence-electron chi connectivity index (χ4n) is 1.12. The summed E-state index contributed by atoms with van der Waals surface area (Å²) < 4.78 is 4.61. The quantitative estimate of drug-likeness (QED) is 0.578. The second-order valence-electron chi connectivity index (χ2n) is 2.57. The predicted octanol–water partition coefficient (Wildman–Crippen LogP) is 0.455. The van der Waals surface area contributed by atoms with Crippen LogP contribution in [0.2, 0.25) is 0 Å². The third kappa shape index (κ3) is 1.47. The summed E-state index contributed by atoms with van der Waals surface area (Å²) in [5, 5.41) is 2.97. The fourth-order valence-corrected chi connectivity index (χ4v) is 1.12. The second kappa shape index (κ2) is 3.38. The number of carbonyl (C=O) groups excluding carboxylic acids is 1. The summed E-state index contributed by atoms with van der Waals surface area (Å²) in [4.78, 5) is 15.3. The smallest absolute Gasteiger partial charge is 0.341 e. The number of carbonyl (C=O) groups is 1. The highest BCUT2D eigenvalue weighted by atomic mass is 16.5. The maximum Gasteiger partial charge on any atom is 0.341 e. The summed E-state index contributed by atoms with van der Waals surface area (Å²) >= 11 is 0. The van der Waals surface area contributed by atoms with Crippen LogP contribution in [0.3, 0.4) is 0 Å². The van der Waals surface area contributed by atoms with Crippen molar-refractivity contribution in [2.45, 2.75) is 13.8 Å². The minimum absolute atomic E-state index is 0.332. The number of nitrogens with one attached hydrogen (secondary N) is 1. The van der Waals surface area contributed by atoms with Crippen molar-refractivity contribution in [1.82, 2.24) is 5.32 Å². The average Bonchev–Trinajstić information content (AvgIpc) is 2.03. The topological polar surface area (TPSA) is 50.7 Å². The van der Waals surface area contributed by atoms with E-state index >= 15 is 0 Å². The number of rotatable bonds is 1. The largest absolute Gasteiger partial charge is 0.465 e. The summed E-state index contributed by atoms with van der Waals surface area (Å²) in [6, 6.07) is 0. The van der Waals surface area contributed by atoms with E-state index in [1.165, 1.54) is 7.11 Å². The zero-order valence-electron chi connectivity index (χ0n) is 7.47. The number of hydrogen-bond donors (Lipinski definition) is 1. The number of aliphatic imine (C=N–C) groups is 1. The Bertz CT molecular complexity index is 266. The molecular formula is C8H12N2O2. The van der Waals surface area contributed by atoms with E-state index in [9.17, 15) is 4.79 Å². The van der Waals surface area contributed by atoms with Crippen molar-refractivity contribution in [3.05, 3.63) is 11.3 Å². The first-order valence-electron chi connectivity index (χ1n) is 3.71. The number of allylic oxidation sites excluding steroid dienone is 1. The fraction of sp³-hybridized carbons (Fsp3) is 0.500. The highest BCUT2D eigenvalue weighted by Gasteiger charge is 2.18. The maximum atomic E-state index is 11.2. The van der Waals surface area contributed by atoms with E-state index in [4.69, 9.17) is 0 Å². The highest BCUT2D eigenvalue weighted by Crippen LogP contribution is 2.09. The highest BCUT2D eigenvalue weighted by molar-refractivity contribution is 6.19. The molecule has 0 atom stereocenters. The first-order valence-corrected chi connectivity index (χ1v) is 3.71. The van der Waals surface area contributed by atoms with Crippen molar-refractivity contribution in [3.63, 3.8) is 0 Å². The zero-order chi connectivity index (χ0) is 9.14. The Morgan fingerprint density at radius 3 is 2.75 bits per heavy atom. The van der Waals surface area contributed by atoms with Gasteiger partial charge in [0.2, 0.25) is 0 Å². The van der Waals surface area contributed by atoms with Crippen molar-refractivity contribution < 1.29 is 9.53 Å². The minimum atomic E-state index is -0.332. The van der Waals surface area contributed by atoms with Gasteiger partial charge in [-0.15, -0.1) is 0 Å². The molecule has 1 aliphatic rings.